The molecule has 33 heavy (non-hydrogen) atoms. The molecule has 1 fully saturated rings. The molecule has 1 aliphatic carbocycles. The first-order valence-electron chi connectivity index (χ1n) is 11.9. The van der Waals surface area contributed by atoms with Crippen molar-refractivity contribution in [3.05, 3.63) is 78.4 Å². The van der Waals surface area contributed by atoms with Crippen LogP contribution in [-0.4, -0.2) is 39.0 Å². The quantitative estimate of drug-likeness (QED) is 0.362. The lowest BCUT2D eigenvalue weighted by molar-refractivity contribution is 0.0992. The Morgan fingerprint density at radius 3 is 2.58 bits per heavy atom. The molecule has 3 aromatic rings. The second-order valence-electron chi connectivity index (χ2n) is 9.19. The lowest BCUT2D eigenvalue weighted by atomic mass is 10.1. The largest absolute Gasteiger partial charge is 0.439 e. The first kappa shape index (κ1) is 23.3. The zero-order valence-electron chi connectivity index (χ0n) is 19.8. The number of allylic oxidation sites excluding steroid dienone is 1. The Balaban J connectivity index is 1.66. The van der Waals surface area contributed by atoms with Crippen molar-refractivity contribution in [3.63, 3.8) is 0 Å². The maximum absolute atomic E-state index is 10.6. The second-order valence-corrected chi connectivity index (χ2v) is 9.19. The fourth-order valence-corrected chi connectivity index (χ4v) is 4.16. The van der Waals surface area contributed by atoms with Gasteiger partial charge in [-0.3, -0.25) is 4.90 Å². The molecule has 5 nitrogen and oxygen atoms in total. The number of aryl methyl sites for hydroxylation is 2. The highest BCUT2D eigenvalue weighted by atomic mass is 16.5. The standard InChI is InChI=1S/C28H35N3O2/c1-4-5-11-24(32)19-31(18-22-14-15-22)20-26-27(23-9-7-6-8-10-23)29-30(3)28(26)33-25-16-12-21(2)13-17-25/h4,6-10,12-13,16-17,22,24,32H,1,5,11,14-15,18-20H2,2-3H3. The van der Waals surface area contributed by atoms with Gasteiger partial charge in [-0.05, 0) is 50.7 Å². The summed E-state index contributed by atoms with van der Waals surface area (Å²) < 4.78 is 8.22. The van der Waals surface area contributed by atoms with Crippen LogP contribution in [0.4, 0.5) is 0 Å². The second kappa shape index (κ2) is 10.8. The summed E-state index contributed by atoms with van der Waals surface area (Å²) >= 11 is 0. The van der Waals surface area contributed by atoms with Crippen LogP contribution in [0.1, 0.15) is 36.8 Å². The van der Waals surface area contributed by atoms with Crippen LogP contribution in [0, 0.1) is 12.8 Å². The Bertz CT molecular complexity index is 1040. The van der Waals surface area contributed by atoms with Crippen molar-refractivity contribution in [2.24, 2.45) is 13.0 Å². The van der Waals surface area contributed by atoms with Crippen molar-refractivity contribution in [3.8, 4) is 22.9 Å². The lowest BCUT2D eigenvalue weighted by Crippen LogP contribution is -2.33. The van der Waals surface area contributed by atoms with Gasteiger partial charge in [0, 0.05) is 32.2 Å². The summed E-state index contributed by atoms with van der Waals surface area (Å²) in [4.78, 5) is 2.37. The molecular formula is C28H35N3O2. The molecule has 1 unspecified atom stereocenters. The highest BCUT2D eigenvalue weighted by Gasteiger charge is 2.28. The van der Waals surface area contributed by atoms with E-state index in [-0.39, 0.29) is 6.10 Å². The van der Waals surface area contributed by atoms with E-state index in [0.717, 1.165) is 53.8 Å². The third kappa shape index (κ3) is 6.34. The molecule has 2 aromatic carbocycles. The van der Waals surface area contributed by atoms with Crippen LogP contribution in [0.15, 0.2) is 67.3 Å². The van der Waals surface area contributed by atoms with Gasteiger partial charge in [-0.25, -0.2) is 4.68 Å². The number of hydrogen-bond donors (Lipinski definition) is 1. The Hall–Kier alpha value is -2.89. The Labute approximate surface area is 197 Å². The van der Waals surface area contributed by atoms with Crippen molar-refractivity contribution in [1.29, 1.82) is 0 Å². The predicted molar refractivity (Wildman–Crippen MR) is 133 cm³/mol. The fourth-order valence-electron chi connectivity index (χ4n) is 4.16. The molecule has 1 aromatic heterocycles. The highest BCUT2D eigenvalue weighted by Crippen LogP contribution is 2.36. The molecular weight excluding hydrogens is 410 g/mol. The van der Waals surface area contributed by atoms with Crippen molar-refractivity contribution in [2.75, 3.05) is 13.1 Å². The molecule has 0 amide bonds. The molecule has 0 radical (unpaired) electrons. The normalized spacial score (nSPS) is 14.4. The van der Waals surface area contributed by atoms with Gasteiger partial charge >= 0.3 is 0 Å². The fraction of sp³-hybridized carbons (Fsp3) is 0.393. The van der Waals surface area contributed by atoms with Crippen LogP contribution in [-0.2, 0) is 13.6 Å². The minimum atomic E-state index is -0.375. The van der Waals surface area contributed by atoms with Crippen LogP contribution in [0.3, 0.4) is 0 Å². The number of aromatic nitrogens is 2. The minimum absolute atomic E-state index is 0.375. The van der Waals surface area contributed by atoms with Gasteiger partial charge in [0.2, 0.25) is 5.88 Å². The monoisotopic (exact) mass is 445 g/mol. The van der Waals surface area contributed by atoms with E-state index in [0.29, 0.717) is 13.1 Å². The summed E-state index contributed by atoms with van der Waals surface area (Å²) in [5.74, 6) is 2.26. The SMILES string of the molecule is C=CCCC(O)CN(Cc1c(-c2ccccc2)nn(C)c1Oc1ccc(C)cc1)CC1CC1. The third-order valence-electron chi connectivity index (χ3n) is 6.14. The number of aliphatic hydroxyl groups is 1. The Kier molecular flexibility index (Phi) is 7.63. The average molecular weight is 446 g/mol. The predicted octanol–water partition coefficient (Wildman–Crippen LogP) is 5.73. The van der Waals surface area contributed by atoms with E-state index in [1.807, 2.05) is 48.1 Å². The first-order valence-corrected chi connectivity index (χ1v) is 11.9. The molecule has 1 atom stereocenters. The van der Waals surface area contributed by atoms with E-state index >= 15 is 0 Å². The van der Waals surface area contributed by atoms with Gasteiger partial charge in [0.1, 0.15) is 11.4 Å². The molecule has 4 rings (SSSR count). The number of aliphatic hydroxyl groups excluding tert-OH is 1. The molecule has 1 aliphatic rings. The van der Waals surface area contributed by atoms with Crippen LogP contribution in [0.25, 0.3) is 11.3 Å². The van der Waals surface area contributed by atoms with E-state index in [4.69, 9.17) is 9.84 Å². The van der Waals surface area contributed by atoms with Crippen LogP contribution in [0.2, 0.25) is 0 Å². The molecule has 1 heterocycles. The average Bonchev–Trinajstić information content (AvgIpc) is 3.58. The molecule has 1 saturated carbocycles. The van der Waals surface area contributed by atoms with E-state index < -0.39 is 0 Å². The molecule has 5 heteroatoms. The van der Waals surface area contributed by atoms with Crippen LogP contribution >= 0.6 is 0 Å². The summed E-state index contributed by atoms with van der Waals surface area (Å²) in [7, 11) is 1.93. The van der Waals surface area contributed by atoms with Crippen molar-refractivity contribution < 1.29 is 9.84 Å². The van der Waals surface area contributed by atoms with E-state index in [1.54, 1.807) is 0 Å². The van der Waals surface area contributed by atoms with Gasteiger partial charge in [0.05, 0.1) is 11.7 Å². The van der Waals surface area contributed by atoms with Crippen LogP contribution < -0.4 is 4.74 Å². The zero-order chi connectivity index (χ0) is 23.2. The van der Waals surface area contributed by atoms with E-state index in [9.17, 15) is 5.11 Å². The third-order valence-corrected chi connectivity index (χ3v) is 6.14. The lowest BCUT2D eigenvalue weighted by Gasteiger charge is -2.25. The topological polar surface area (TPSA) is 50.5 Å². The van der Waals surface area contributed by atoms with Gasteiger partial charge in [-0.2, -0.15) is 5.10 Å². The Morgan fingerprint density at radius 2 is 1.91 bits per heavy atom. The van der Waals surface area contributed by atoms with Gasteiger partial charge in [0.15, 0.2) is 0 Å². The molecule has 174 valence electrons. The van der Waals surface area contributed by atoms with Gasteiger partial charge in [0.25, 0.3) is 0 Å². The molecule has 0 bridgehead atoms. The van der Waals surface area contributed by atoms with Crippen molar-refractivity contribution >= 4 is 0 Å². The summed E-state index contributed by atoms with van der Waals surface area (Å²) in [6, 6.07) is 18.4. The van der Waals surface area contributed by atoms with Gasteiger partial charge in [-0.15, -0.1) is 6.58 Å². The summed E-state index contributed by atoms with van der Waals surface area (Å²) in [6.45, 7) is 8.16. The number of nitrogens with zero attached hydrogens (tertiary/aromatic N) is 3. The summed E-state index contributed by atoms with van der Waals surface area (Å²) in [5.41, 5.74) is 4.25. The summed E-state index contributed by atoms with van der Waals surface area (Å²) in [6.07, 6.45) is 5.59. The van der Waals surface area contributed by atoms with Crippen molar-refractivity contribution in [1.82, 2.24) is 14.7 Å². The maximum atomic E-state index is 10.6. The Morgan fingerprint density at radius 1 is 1.18 bits per heavy atom. The number of benzene rings is 2. The van der Waals surface area contributed by atoms with E-state index in [2.05, 4.69) is 42.7 Å². The highest BCUT2D eigenvalue weighted by molar-refractivity contribution is 5.65. The number of ether oxygens (including phenoxy) is 1. The van der Waals surface area contributed by atoms with Gasteiger partial charge in [-0.1, -0.05) is 54.1 Å². The molecule has 0 saturated heterocycles. The zero-order valence-corrected chi connectivity index (χ0v) is 19.8. The van der Waals surface area contributed by atoms with E-state index in [1.165, 1.54) is 18.4 Å². The molecule has 1 N–H and O–H groups in total. The smallest absolute Gasteiger partial charge is 0.222 e. The van der Waals surface area contributed by atoms with Crippen LogP contribution in [0.5, 0.6) is 11.6 Å². The number of rotatable bonds is 12. The molecule has 0 aliphatic heterocycles. The van der Waals surface area contributed by atoms with Gasteiger partial charge < -0.3 is 9.84 Å². The maximum Gasteiger partial charge on any atom is 0.222 e. The molecule has 0 spiro atoms. The summed E-state index contributed by atoms with van der Waals surface area (Å²) in [5, 5.41) is 15.5. The first-order chi connectivity index (χ1) is 16.0. The minimum Gasteiger partial charge on any atom is -0.439 e. The number of hydrogen-bond acceptors (Lipinski definition) is 4. The van der Waals surface area contributed by atoms with Crippen molar-refractivity contribution in [2.45, 2.75) is 45.3 Å².